The van der Waals surface area contributed by atoms with E-state index in [2.05, 4.69) is 4.98 Å². The number of halogens is 2. The molecule has 0 bridgehead atoms. The number of fused-ring (bicyclic) bond motifs is 1. The van der Waals surface area contributed by atoms with Crippen molar-refractivity contribution in [2.75, 3.05) is 38.7 Å². The van der Waals surface area contributed by atoms with Crippen molar-refractivity contribution in [3.63, 3.8) is 0 Å². The normalized spacial score (nSPS) is 11.1. The SMILES string of the molecule is CN(C)CCN(C(=O)COc1ccc(F)cc1)c1nc2c(F)cccc2s1. The molecule has 2 aromatic carbocycles. The van der Waals surface area contributed by atoms with Crippen molar-refractivity contribution < 1.29 is 18.3 Å². The summed E-state index contributed by atoms with van der Waals surface area (Å²) in [6.45, 7) is 0.776. The molecule has 0 unspecified atom stereocenters. The Kier molecular flexibility index (Phi) is 5.98. The van der Waals surface area contributed by atoms with Gasteiger partial charge in [-0.1, -0.05) is 17.4 Å². The third-order valence-corrected chi connectivity index (χ3v) is 4.88. The Morgan fingerprint density at radius 1 is 1.11 bits per heavy atom. The summed E-state index contributed by atoms with van der Waals surface area (Å²) in [6.07, 6.45) is 0. The zero-order chi connectivity index (χ0) is 19.4. The number of ether oxygens (including phenoxy) is 1. The van der Waals surface area contributed by atoms with Crippen molar-refractivity contribution in [2.24, 2.45) is 0 Å². The molecule has 0 radical (unpaired) electrons. The molecule has 0 atom stereocenters. The van der Waals surface area contributed by atoms with Crippen LogP contribution in [0.3, 0.4) is 0 Å². The second-order valence-corrected chi connectivity index (χ2v) is 7.18. The van der Waals surface area contributed by atoms with E-state index >= 15 is 0 Å². The minimum atomic E-state index is -0.419. The van der Waals surface area contributed by atoms with Crippen LogP contribution in [0.4, 0.5) is 13.9 Å². The Morgan fingerprint density at radius 2 is 1.85 bits per heavy atom. The topological polar surface area (TPSA) is 45.7 Å². The predicted molar refractivity (Wildman–Crippen MR) is 102 cm³/mol. The maximum absolute atomic E-state index is 14.0. The van der Waals surface area contributed by atoms with E-state index in [1.165, 1.54) is 46.6 Å². The molecule has 1 amide bonds. The molecule has 0 spiro atoms. The number of para-hydroxylation sites is 1. The summed E-state index contributed by atoms with van der Waals surface area (Å²) in [5.74, 6) is -0.705. The number of hydrogen-bond acceptors (Lipinski definition) is 5. The van der Waals surface area contributed by atoms with Gasteiger partial charge in [0.2, 0.25) is 0 Å². The molecule has 1 heterocycles. The van der Waals surface area contributed by atoms with Gasteiger partial charge >= 0.3 is 0 Å². The van der Waals surface area contributed by atoms with Gasteiger partial charge in [0.15, 0.2) is 11.7 Å². The number of benzene rings is 2. The first-order valence-electron chi connectivity index (χ1n) is 8.32. The highest BCUT2D eigenvalue weighted by atomic mass is 32.1. The van der Waals surface area contributed by atoms with Gasteiger partial charge in [-0.15, -0.1) is 0 Å². The molecule has 0 aliphatic heterocycles. The van der Waals surface area contributed by atoms with E-state index in [0.29, 0.717) is 28.7 Å². The Hall–Kier alpha value is -2.58. The molecule has 0 N–H and O–H groups in total. The van der Waals surface area contributed by atoms with Crippen LogP contribution in [-0.2, 0) is 4.79 Å². The van der Waals surface area contributed by atoms with E-state index in [-0.39, 0.29) is 23.8 Å². The number of thiazole rings is 1. The highest BCUT2D eigenvalue weighted by molar-refractivity contribution is 7.22. The van der Waals surface area contributed by atoms with Crippen LogP contribution in [0.1, 0.15) is 0 Å². The van der Waals surface area contributed by atoms with Crippen LogP contribution in [0.5, 0.6) is 5.75 Å². The zero-order valence-electron chi connectivity index (χ0n) is 15.0. The molecule has 0 saturated carbocycles. The highest BCUT2D eigenvalue weighted by Gasteiger charge is 2.21. The van der Waals surface area contributed by atoms with Gasteiger partial charge in [0, 0.05) is 13.1 Å². The molecule has 1 aromatic heterocycles. The highest BCUT2D eigenvalue weighted by Crippen LogP contribution is 2.30. The van der Waals surface area contributed by atoms with Gasteiger partial charge in [0.25, 0.3) is 5.91 Å². The van der Waals surface area contributed by atoms with Gasteiger partial charge in [-0.3, -0.25) is 9.69 Å². The average molecular weight is 391 g/mol. The van der Waals surface area contributed by atoms with Crippen molar-refractivity contribution in [3.05, 3.63) is 54.1 Å². The smallest absolute Gasteiger partial charge is 0.266 e. The number of carbonyl (C=O) groups is 1. The second kappa shape index (κ2) is 8.41. The Morgan fingerprint density at radius 3 is 2.52 bits per heavy atom. The molecule has 27 heavy (non-hydrogen) atoms. The molecular weight excluding hydrogens is 372 g/mol. The van der Waals surface area contributed by atoms with Gasteiger partial charge < -0.3 is 9.64 Å². The van der Waals surface area contributed by atoms with E-state index in [4.69, 9.17) is 4.74 Å². The maximum Gasteiger partial charge on any atom is 0.266 e. The molecule has 142 valence electrons. The first kappa shape index (κ1) is 19.2. The first-order chi connectivity index (χ1) is 12.9. The molecular formula is C19H19F2N3O2S. The van der Waals surface area contributed by atoms with E-state index in [1.54, 1.807) is 12.1 Å². The summed E-state index contributed by atoms with van der Waals surface area (Å²) < 4.78 is 33.1. The average Bonchev–Trinajstić information content (AvgIpc) is 3.06. The van der Waals surface area contributed by atoms with Gasteiger partial charge in [-0.25, -0.2) is 13.8 Å². The van der Waals surface area contributed by atoms with Crippen molar-refractivity contribution in [1.82, 2.24) is 9.88 Å². The summed E-state index contributed by atoms with van der Waals surface area (Å²) in [6, 6.07) is 10.2. The van der Waals surface area contributed by atoms with Crippen LogP contribution in [-0.4, -0.2) is 49.6 Å². The molecule has 8 heteroatoms. The van der Waals surface area contributed by atoms with Gasteiger partial charge in [-0.05, 0) is 50.5 Å². The van der Waals surface area contributed by atoms with Gasteiger partial charge in [-0.2, -0.15) is 0 Å². The largest absolute Gasteiger partial charge is 0.484 e. The number of carbonyl (C=O) groups excluding carboxylic acids is 1. The van der Waals surface area contributed by atoms with Crippen LogP contribution < -0.4 is 9.64 Å². The maximum atomic E-state index is 14.0. The number of likely N-dealkylation sites (N-methyl/N-ethyl adjacent to an activating group) is 1. The molecule has 0 aliphatic carbocycles. The summed E-state index contributed by atoms with van der Waals surface area (Å²) in [5, 5.41) is 0.421. The molecule has 3 aromatic rings. The van der Waals surface area contributed by atoms with Crippen molar-refractivity contribution in [2.45, 2.75) is 0 Å². The fraction of sp³-hybridized carbons (Fsp3) is 0.263. The number of nitrogens with zero attached hydrogens (tertiary/aromatic N) is 3. The molecule has 5 nitrogen and oxygen atoms in total. The van der Waals surface area contributed by atoms with Crippen LogP contribution in [0.2, 0.25) is 0 Å². The number of amides is 1. The molecule has 3 rings (SSSR count). The third-order valence-electron chi connectivity index (χ3n) is 3.84. The van der Waals surface area contributed by atoms with Crippen LogP contribution in [0.15, 0.2) is 42.5 Å². The number of aromatic nitrogens is 1. The Labute approximate surface area is 159 Å². The van der Waals surface area contributed by atoms with E-state index in [9.17, 15) is 13.6 Å². The zero-order valence-corrected chi connectivity index (χ0v) is 15.8. The standard InChI is InChI=1S/C19H19F2N3O2S/c1-23(2)10-11-24(17(25)12-26-14-8-6-13(20)7-9-14)19-22-18-15(21)4-3-5-16(18)27-19/h3-9H,10-12H2,1-2H3. The van der Waals surface area contributed by atoms with E-state index in [0.717, 1.165) is 0 Å². The third kappa shape index (κ3) is 4.78. The lowest BCUT2D eigenvalue weighted by Crippen LogP contribution is -2.39. The summed E-state index contributed by atoms with van der Waals surface area (Å²) in [4.78, 5) is 20.5. The van der Waals surface area contributed by atoms with E-state index < -0.39 is 5.82 Å². The minimum absolute atomic E-state index is 0.225. The van der Waals surface area contributed by atoms with Crippen molar-refractivity contribution >= 4 is 32.6 Å². The van der Waals surface area contributed by atoms with Crippen LogP contribution in [0, 0.1) is 11.6 Å². The van der Waals surface area contributed by atoms with Crippen LogP contribution >= 0.6 is 11.3 Å². The quantitative estimate of drug-likeness (QED) is 0.618. The Bertz CT molecular complexity index is 928. The fourth-order valence-corrected chi connectivity index (χ4v) is 3.42. The van der Waals surface area contributed by atoms with Crippen molar-refractivity contribution in [1.29, 1.82) is 0 Å². The van der Waals surface area contributed by atoms with Gasteiger partial charge in [0.05, 0.1) is 4.70 Å². The summed E-state index contributed by atoms with van der Waals surface area (Å²) in [7, 11) is 3.80. The molecule has 0 fully saturated rings. The minimum Gasteiger partial charge on any atom is -0.484 e. The molecule has 0 saturated heterocycles. The first-order valence-corrected chi connectivity index (χ1v) is 9.14. The number of rotatable bonds is 7. The molecule has 0 aliphatic rings. The monoisotopic (exact) mass is 391 g/mol. The fourth-order valence-electron chi connectivity index (χ4n) is 2.40. The van der Waals surface area contributed by atoms with E-state index in [1.807, 2.05) is 19.0 Å². The van der Waals surface area contributed by atoms with Crippen LogP contribution in [0.25, 0.3) is 10.2 Å². The predicted octanol–water partition coefficient (Wildman–Crippen LogP) is 3.55. The lowest BCUT2D eigenvalue weighted by atomic mass is 10.3. The lowest BCUT2D eigenvalue weighted by Gasteiger charge is -2.22. The summed E-state index contributed by atoms with van der Waals surface area (Å²) in [5.41, 5.74) is 0.250. The van der Waals surface area contributed by atoms with Crippen molar-refractivity contribution in [3.8, 4) is 5.75 Å². The second-order valence-electron chi connectivity index (χ2n) is 6.17. The Balaban J connectivity index is 1.79. The summed E-state index contributed by atoms with van der Waals surface area (Å²) >= 11 is 1.25. The van der Waals surface area contributed by atoms with Gasteiger partial charge in [0.1, 0.15) is 22.9 Å². The number of anilines is 1. The lowest BCUT2D eigenvalue weighted by molar-refractivity contribution is -0.120. The number of hydrogen-bond donors (Lipinski definition) is 0.